The first-order valence-electron chi connectivity index (χ1n) is 8.88. The van der Waals surface area contributed by atoms with Gasteiger partial charge in [0.15, 0.2) is 0 Å². The molecule has 0 spiro atoms. The number of hydrogen-bond acceptors (Lipinski definition) is 6. The second-order valence-electron chi connectivity index (χ2n) is 6.94. The molecule has 0 aliphatic heterocycles. The minimum absolute atomic E-state index is 0.241. The van der Waals surface area contributed by atoms with E-state index in [0.29, 0.717) is 23.8 Å². The number of anilines is 2. The quantitative estimate of drug-likeness (QED) is 0.657. The van der Waals surface area contributed by atoms with Gasteiger partial charge in [0, 0.05) is 24.2 Å². The molecule has 0 radical (unpaired) electrons. The van der Waals surface area contributed by atoms with Crippen molar-refractivity contribution in [2.24, 2.45) is 5.92 Å². The standard InChI is InChI=1S/C17H23N7O/c18-15-13(9-20-24-15)14-7-8-19-17(23-14)22-12-5-3-11(4-6-12)21-16(25)10-1-2-10/h7-12H,1-6H2,(H,21,25)(H3,18,20,24)(H,19,22,23). The Morgan fingerprint density at radius 2 is 1.92 bits per heavy atom. The van der Waals surface area contributed by atoms with Crippen LogP contribution in [0.2, 0.25) is 0 Å². The predicted octanol–water partition coefficient (Wildman–Crippen LogP) is 1.70. The molecule has 2 aliphatic rings. The normalized spacial score (nSPS) is 23.2. The molecule has 4 rings (SSSR count). The van der Waals surface area contributed by atoms with Crippen LogP contribution < -0.4 is 16.4 Å². The van der Waals surface area contributed by atoms with Crippen molar-refractivity contribution < 1.29 is 4.79 Å². The van der Waals surface area contributed by atoms with Crippen LogP contribution in [-0.4, -0.2) is 38.2 Å². The molecule has 0 unspecified atom stereocenters. The van der Waals surface area contributed by atoms with Crippen LogP contribution in [-0.2, 0) is 4.79 Å². The van der Waals surface area contributed by atoms with Gasteiger partial charge in [-0.2, -0.15) is 5.10 Å². The number of nitrogens with zero attached hydrogens (tertiary/aromatic N) is 3. The van der Waals surface area contributed by atoms with Crippen molar-refractivity contribution in [2.75, 3.05) is 11.1 Å². The summed E-state index contributed by atoms with van der Waals surface area (Å²) in [6.07, 6.45) is 9.46. The van der Waals surface area contributed by atoms with Crippen molar-refractivity contribution >= 4 is 17.7 Å². The Morgan fingerprint density at radius 3 is 2.60 bits per heavy atom. The molecule has 132 valence electrons. The summed E-state index contributed by atoms with van der Waals surface area (Å²) in [4.78, 5) is 20.7. The molecule has 0 aromatic carbocycles. The molecule has 0 saturated heterocycles. The highest BCUT2D eigenvalue weighted by Gasteiger charge is 2.32. The van der Waals surface area contributed by atoms with Crippen LogP contribution in [0.25, 0.3) is 11.3 Å². The van der Waals surface area contributed by atoms with Crippen LogP contribution in [0, 0.1) is 5.92 Å². The van der Waals surface area contributed by atoms with Gasteiger partial charge in [0.1, 0.15) is 5.82 Å². The lowest BCUT2D eigenvalue weighted by Crippen LogP contribution is -2.40. The van der Waals surface area contributed by atoms with Gasteiger partial charge >= 0.3 is 0 Å². The van der Waals surface area contributed by atoms with Gasteiger partial charge in [0.25, 0.3) is 0 Å². The first kappa shape index (κ1) is 15.9. The van der Waals surface area contributed by atoms with Gasteiger partial charge < -0.3 is 16.4 Å². The van der Waals surface area contributed by atoms with E-state index in [2.05, 4.69) is 30.8 Å². The molecule has 25 heavy (non-hydrogen) atoms. The summed E-state index contributed by atoms with van der Waals surface area (Å²) in [6.45, 7) is 0. The maximum atomic E-state index is 11.9. The smallest absolute Gasteiger partial charge is 0.223 e. The van der Waals surface area contributed by atoms with Crippen LogP contribution in [0.1, 0.15) is 38.5 Å². The van der Waals surface area contributed by atoms with E-state index in [0.717, 1.165) is 49.8 Å². The van der Waals surface area contributed by atoms with Crippen molar-refractivity contribution in [2.45, 2.75) is 50.6 Å². The molecule has 2 heterocycles. The lowest BCUT2D eigenvalue weighted by atomic mass is 9.91. The highest BCUT2D eigenvalue weighted by molar-refractivity contribution is 5.81. The Bertz CT molecular complexity index is 747. The van der Waals surface area contributed by atoms with Gasteiger partial charge in [-0.3, -0.25) is 9.89 Å². The molecule has 2 fully saturated rings. The number of nitrogen functional groups attached to an aromatic ring is 1. The number of hydrogen-bond donors (Lipinski definition) is 4. The number of H-pyrrole nitrogens is 1. The van der Waals surface area contributed by atoms with Crippen LogP contribution in [0.4, 0.5) is 11.8 Å². The zero-order valence-corrected chi connectivity index (χ0v) is 14.0. The Morgan fingerprint density at radius 1 is 1.16 bits per heavy atom. The minimum Gasteiger partial charge on any atom is -0.384 e. The third kappa shape index (κ3) is 3.72. The SMILES string of the molecule is Nc1[nH]ncc1-c1ccnc(NC2CCC(NC(=O)C3CC3)CC2)n1. The van der Waals surface area contributed by atoms with E-state index in [9.17, 15) is 4.79 Å². The van der Waals surface area contributed by atoms with Crippen molar-refractivity contribution in [3.8, 4) is 11.3 Å². The third-order valence-electron chi connectivity index (χ3n) is 4.96. The van der Waals surface area contributed by atoms with Crippen molar-refractivity contribution in [1.29, 1.82) is 0 Å². The minimum atomic E-state index is 0.241. The monoisotopic (exact) mass is 341 g/mol. The lowest BCUT2D eigenvalue weighted by molar-refractivity contribution is -0.123. The van der Waals surface area contributed by atoms with Crippen LogP contribution in [0.15, 0.2) is 18.5 Å². The van der Waals surface area contributed by atoms with Gasteiger partial charge in [0.2, 0.25) is 11.9 Å². The van der Waals surface area contributed by atoms with Crippen LogP contribution in [0.5, 0.6) is 0 Å². The van der Waals surface area contributed by atoms with Gasteiger partial charge in [-0.05, 0) is 44.6 Å². The number of amides is 1. The fourth-order valence-electron chi connectivity index (χ4n) is 3.31. The second kappa shape index (κ2) is 6.70. The number of aromatic amines is 1. The summed E-state index contributed by atoms with van der Waals surface area (Å²) in [5, 5.41) is 13.2. The average Bonchev–Trinajstić information content (AvgIpc) is 3.38. The topological polar surface area (TPSA) is 122 Å². The molecule has 1 amide bonds. The fraction of sp³-hybridized carbons (Fsp3) is 0.529. The summed E-state index contributed by atoms with van der Waals surface area (Å²) in [6, 6.07) is 2.45. The van der Waals surface area contributed by atoms with Gasteiger partial charge in [0.05, 0.1) is 17.5 Å². The number of aromatic nitrogens is 4. The second-order valence-corrected chi connectivity index (χ2v) is 6.94. The molecule has 0 atom stereocenters. The first-order valence-corrected chi connectivity index (χ1v) is 8.88. The summed E-state index contributed by atoms with van der Waals surface area (Å²) >= 11 is 0. The van der Waals surface area contributed by atoms with E-state index in [1.807, 2.05) is 6.07 Å². The average molecular weight is 341 g/mol. The molecule has 5 N–H and O–H groups in total. The number of carbonyl (C=O) groups excluding carboxylic acids is 1. The number of rotatable bonds is 5. The predicted molar refractivity (Wildman–Crippen MR) is 94.6 cm³/mol. The molecule has 8 nitrogen and oxygen atoms in total. The Labute approximate surface area is 146 Å². The highest BCUT2D eigenvalue weighted by atomic mass is 16.2. The van der Waals surface area contributed by atoms with Gasteiger partial charge in [-0.25, -0.2) is 9.97 Å². The van der Waals surface area contributed by atoms with Crippen molar-refractivity contribution in [1.82, 2.24) is 25.5 Å². The molecular formula is C17H23N7O. The zero-order chi connectivity index (χ0) is 17.2. The van der Waals surface area contributed by atoms with E-state index in [1.54, 1.807) is 12.4 Å². The first-order chi connectivity index (χ1) is 12.2. The van der Waals surface area contributed by atoms with Crippen molar-refractivity contribution in [3.05, 3.63) is 18.5 Å². The van der Waals surface area contributed by atoms with E-state index < -0.39 is 0 Å². The van der Waals surface area contributed by atoms with E-state index >= 15 is 0 Å². The summed E-state index contributed by atoms with van der Waals surface area (Å²) < 4.78 is 0. The van der Waals surface area contributed by atoms with Crippen LogP contribution >= 0.6 is 0 Å². The zero-order valence-electron chi connectivity index (χ0n) is 14.0. The number of carbonyl (C=O) groups is 1. The Balaban J connectivity index is 1.32. The summed E-state index contributed by atoms with van der Waals surface area (Å²) in [5.74, 6) is 1.62. The fourth-order valence-corrected chi connectivity index (χ4v) is 3.31. The van der Waals surface area contributed by atoms with Crippen molar-refractivity contribution in [3.63, 3.8) is 0 Å². The molecule has 8 heteroatoms. The lowest BCUT2D eigenvalue weighted by Gasteiger charge is -2.29. The third-order valence-corrected chi connectivity index (χ3v) is 4.96. The molecule has 2 aromatic rings. The molecular weight excluding hydrogens is 318 g/mol. The maximum Gasteiger partial charge on any atom is 0.223 e. The van der Waals surface area contributed by atoms with Crippen LogP contribution in [0.3, 0.4) is 0 Å². The van der Waals surface area contributed by atoms with E-state index in [1.165, 1.54) is 0 Å². The largest absolute Gasteiger partial charge is 0.384 e. The van der Waals surface area contributed by atoms with E-state index in [-0.39, 0.29) is 11.8 Å². The number of nitrogens with one attached hydrogen (secondary N) is 3. The number of nitrogens with two attached hydrogens (primary N) is 1. The van der Waals surface area contributed by atoms with E-state index in [4.69, 9.17) is 5.73 Å². The molecule has 2 aliphatic carbocycles. The molecule has 2 aromatic heterocycles. The Kier molecular flexibility index (Phi) is 4.25. The highest BCUT2D eigenvalue weighted by Crippen LogP contribution is 2.30. The molecule has 2 saturated carbocycles. The maximum absolute atomic E-state index is 11.9. The Hall–Kier alpha value is -2.64. The molecule has 0 bridgehead atoms. The van der Waals surface area contributed by atoms with Gasteiger partial charge in [-0.1, -0.05) is 0 Å². The summed E-state index contributed by atoms with van der Waals surface area (Å²) in [7, 11) is 0. The summed E-state index contributed by atoms with van der Waals surface area (Å²) in [5.41, 5.74) is 7.37. The van der Waals surface area contributed by atoms with Gasteiger partial charge in [-0.15, -0.1) is 0 Å².